The summed E-state index contributed by atoms with van der Waals surface area (Å²) in [5.74, 6) is 1.43. The summed E-state index contributed by atoms with van der Waals surface area (Å²) in [6, 6.07) is 14.9. The first-order valence-electron chi connectivity index (χ1n) is 10.7. The second kappa shape index (κ2) is 10.5. The summed E-state index contributed by atoms with van der Waals surface area (Å²) in [6.45, 7) is 4.22. The highest BCUT2D eigenvalue weighted by Gasteiger charge is 2.12. The number of hydrogen-bond donors (Lipinski definition) is 0. The molecule has 0 saturated heterocycles. The third kappa shape index (κ3) is 5.53. The minimum Gasteiger partial charge on any atom is -0.493 e. The zero-order valence-electron chi connectivity index (χ0n) is 19.2. The Morgan fingerprint density at radius 2 is 1.91 bits per heavy atom. The molecule has 2 aromatic heterocycles. The topological polar surface area (TPSA) is 88.6 Å². The van der Waals surface area contributed by atoms with E-state index in [1.807, 2.05) is 56.4 Å². The molecule has 0 radical (unpaired) electrons. The molecule has 0 spiro atoms. The molecule has 2 heterocycles. The average molecular weight is 460 g/mol. The number of rotatable bonds is 9. The molecule has 8 nitrogen and oxygen atoms in total. The molecule has 0 N–H and O–H groups in total. The molecule has 0 unspecified atom stereocenters. The van der Waals surface area contributed by atoms with Gasteiger partial charge >= 0.3 is 5.97 Å². The van der Waals surface area contributed by atoms with Crippen LogP contribution < -0.4 is 9.47 Å². The van der Waals surface area contributed by atoms with Gasteiger partial charge in [-0.15, -0.1) is 0 Å². The van der Waals surface area contributed by atoms with Gasteiger partial charge in [-0.3, -0.25) is 0 Å². The smallest absolute Gasteiger partial charge is 0.331 e. The maximum Gasteiger partial charge on any atom is 0.331 e. The van der Waals surface area contributed by atoms with Crippen LogP contribution in [-0.2, 0) is 22.7 Å². The van der Waals surface area contributed by atoms with E-state index in [9.17, 15) is 4.79 Å². The molecule has 0 aliphatic rings. The molecule has 0 atom stereocenters. The highest BCUT2D eigenvalue weighted by molar-refractivity contribution is 5.87. The molecule has 2 aromatic carbocycles. The van der Waals surface area contributed by atoms with Crippen LogP contribution in [0.5, 0.6) is 11.5 Å². The summed E-state index contributed by atoms with van der Waals surface area (Å²) < 4.78 is 23.6. The number of ether oxygens (including phenoxy) is 3. The zero-order chi connectivity index (χ0) is 23.9. The van der Waals surface area contributed by atoms with Crippen LogP contribution in [0.25, 0.3) is 11.8 Å². The van der Waals surface area contributed by atoms with Crippen molar-refractivity contribution in [3.63, 3.8) is 0 Å². The Morgan fingerprint density at radius 1 is 1.09 bits per heavy atom. The minimum atomic E-state index is -0.436. The third-order valence-electron chi connectivity index (χ3n) is 5.24. The van der Waals surface area contributed by atoms with E-state index in [1.165, 1.54) is 6.08 Å². The molecule has 34 heavy (non-hydrogen) atoms. The summed E-state index contributed by atoms with van der Waals surface area (Å²) >= 11 is 0. The first-order chi connectivity index (χ1) is 16.5. The van der Waals surface area contributed by atoms with Gasteiger partial charge in [0.15, 0.2) is 11.5 Å². The van der Waals surface area contributed by atoms with Crippen LogP contribution in [0.3, 0.4) is 0 Å². The molecule has 0 saturated carbocycles. The minimum absolute atomic E-state index is 0.181. The number of hydrogen-bond acceptors (Lipinski definition) is 7. The molecule has 0 aliphatic carbocycles. The average Bonchev–Trinajstić information content (AvgIpc) is 3.51. The Labute approximate surface area is 197 Å². The predicted molar refractivity (Wildman–Crippen MR) is 126 cm³/mol. The van der Waals surface area contributed by atoms with Crippen molar-refractivity contribution < 1.29 is 23.5 Å². The summed E-state index contributed by atoms with van der Waals surface area (Å²) in [4.78, 5) is 12.2. The molecule has 0 bridgehead atoms. The van der Waals surface area contributed by atoms with Crippen LogP contribution in [-0.4, -0.2) is 28.0 Å². The second-order valence-corrected chi connectivity index (χ2v) is 7.56. The number of aromatic nitrogens is 3. The van der Waals surface area contributed by atoms with Crippen molar-refractivity contribution in [2.45, 2.75) is 27.1 Å². The van der Waals surface area contributed by atoms with Gasteiger partial charge in [0, 0.05) is 18.5 Å². The van der Waals surface area contributed by atoms with Crippen LogP contribution in [0.2, 0.25) is 0 Å². The Kier molecular flexibility index (Phi) is 7.07. The van der Waals surface area contributed by atoms with Gasteiger partial charge in [0.05, 0.1) is 24.1 Å². The monoisotopic (exact) mass is 459 g/mol. The molecular formula is C26H25N3O5. The number of aryl methyl sites for hydroxylation is 2. The van der Waals surface area contributed by atoms with Crippen LogP contribution in [0, 0.1) is 13.8 Å². The highest BCUT2D eigenvalue weighted by atomic mass is 16.5. The fourth-order valence-electron chi connectivity index (χ4n) is 3.30. The lowest BCUT2D eigenvalue weighted by atomic mass is 10.2. The van der Waals surface area contributed by atoms with E-state index in [1.54, 1.807) is 36.2 Å². The van der Waals surface area contributed by atoms with Crippen LogP contribution in [0.15, 0.2) is 71.5 Å². The van der Waals surface area contributed by atoms with Gasteiger partial charge in [-0.25, -0.2) is 9.48 Å². The molecule has 0 aliphatic heterocycles. The zero-order valence-corrected chi connectivity index (χ0v) is 19.2. The molecule has 0 amide bonds. The fourth-order valence-corrected chi connectivity index (χ4v) is 3.30. The van der Waals surface area contributed by atoms with Gasteiger partial charge < -0.3 is 18.7 Å². The summed E-state index contributed by atoms with van der Waals surface area (Å²) in [5.41, 5.74) is 4.31. The lowest BCUT2D eigenvalue weighted by Gasteiger charge is -2.11. The maximum atomic E-state index is 12.2. The quantitative estimate of drug-likeness (QED) is 0.262. The summed E-state index contributed by atoms with van der Waals surface area (Å²) in [7, 11) is 1.57. The van der Waals surface area contributed by atoms with Crippen molar-refractivity contribution in [2.75, 3.05) is 7.11 Å². The fraction of sp³-hybridized carbons (Fsp3) is 0.192. The number of methoxy groups -OCH3 is 1. The van der Waals surface area contributed by atoms with Crippen molar-refractivity contribution in [1.82, 2.24) is 14.9 Å². The second-order valence-electron chi connectivity index (χ2n) is 7.56. The van der Waals surface area contributed by atoms with E-state index < -0.39 is 5.97 Å². The molecule has 174 valence electrons. The maximum absolute atomic E-state index is 12.2. The van der Waals surface area contributed by atoms with Crippen molar-refractivity contribution in [2.24, 2.45) is 0 Å². The number of nitrogens with zero attached hydrogens (tertiary/aromatic N) is 3. The largest absolute Gasteiger partial charge is 0.493 e. The Balaban J connectivity index is 1.32. The van der Waals surface area contributed by atoms with Crippen LogP contribution in [0.1, 0.15) is 28.1 Å². The number of carbonyl (C=O) groups excluding carboxylic acids is 1. The SMILES string of the molecule is COc1cc(/C=C/C(=O)OCc2ccc(-n3cccn3)cc2)ccc1OCc1c(C)noc1C. The van der Waals surface area contributed by atoms with Crippen molar-refractivity contribution in [1.29, 1.82) is 0 Å². The van der Waals surface area contributed by atoms with Gasteiger partial charge in [-0.2, -0.15) is 5.10 Å². The van der Waals surface area contributed by atoms with Crippen molar-refractivity contribution >= 4 is 12.0 Å². The van der Waals surface area contributed by atoms with Gasteiger partial charge in [0.25, 0.3) is 0 Å². The van der Waals surface area contributed by atoms with Gasteiger partial charge in [-0.1, -0.05) is 23.4 Å². The number of carbonyl (C=O) groups is 1. The lowest BCUT2D eigenvalue weighted by Crippen LogP contribution is -2.01. The third-order valence-corrected chi connectivity index (χ3v) is 5.24. The first-order valence-corrected chi connectivity index (χ1v) is 10.7. The Hall–Kier alpha value is -4.33. The van der Waals surface area contributed by atoms with Crippen LogP contribution in [0.4, 0.5) is 0 Å². The summed E-state index contributed by atoms with van der Waals surface area (Å²) in [6.07, 6.45) is 6.65. The van der Waals surface area contributed by atoms with E-state index >= 15 is 0 Å². The highest BCUT2D eigenvalue weighted by Crippen LogP contribution is 2.30. The van der Waals surface area contributed by atoms with E-state index in [0.717, 1.165) is 33.8 Å². The van der Waals surface area contributed by atoms with Crippen molar-refractivity contribution in [3.05, 3.63) is 95.1 Å². The van der Waals surface area contributed by atoms with E-state index in [4.69, 9.17) is 18.7 Å². The lowest BCUT2D eigenvalue weighted by molar-refractivity contribution is -0.138. The number of esters is 1. The normalized spacial score (nSPS) is 11.0. The van der Waals surface area contributed by atoms with Gasteiger partial charge in [0.2, 0.25) is 0 Å². The standard InChI is InChI=1S/C26H25N3O5/c1-18-23(19(2)34-28-18)17-32-24-11-7-20(15-25(24)31-3)8-12-26(30)33-16-21-5-9-22(10-6-21)29-14-4-13-27-29/h4-15H,16-17H2,1-3H3/b12-8+. The molecule has 4 rings (SSSR count). The Morgan fingerprint density at radius 3 is 2.59 bits per heavy atom. The number of benzene rings is 2. The molecule has 4 aromatic rings. The van der Waals surface area contributed by atoms with Gasteiger partial charge in [0.1, 0.15) is 19.0 Å². The van der Waals surface area contributed by atoms with E-state index in [0.29, 0.717) is 18.1 Å². The van der Waals surface area contributed by atoms with E-state index in [2.05, 4.69) is 10.3 Å². The van der Waals surface area contributed by atoms with Crippen LogP contribution >= 0.6 is 0 Å². The van der Waals surface area contributed by atoms with E-state index in [-0.39, 0.29) is 6.61 Å². The molecular weight excluding hydrogens is 434 g/mol. The molecule has 8 heteroatoms. The van der Waals surface area contributed by atoms with Crippen molar-refractivity contribution in [3.8, 4) is 17.2 Å². The van der Waals surface area contributed by atoms with Gasteiger partial charge in [-0.05, 0) is 61.4 Å². The predicted octanol–water partition coefficient (Wildman–Crippen LogP) is 4.82. The summed E-state index contributed by atoms with van der Waals surface area (Å²) in [5, 5.41) is 8.12. The molecule has 0 fully saturated rings. The first kappa shape index (κ1) is 22.8. The Bertz CT molecular complexity index is 1260.